The molecule has 1 atom stereocenters. The van der Waals surface area contributed by atoms with E-state index in [0.717, 1.165) is 12.1 Å². The molecule has 2 aromatic carbocycles. The SMILES string of the molecule is COc1ccccc1NNC(=O)c1ccc(NC(=O)C(C)(O)C(F)(F)F)c(Cl)c1. The summed E-state index contributed by atoms with van der Waals surface area (Å²) in [5, 5.41) is 11.1. The van der Waals surface area contributed by atoms with Gasteiger partial charge in [0.2, 0.25) is 5.60 Å². The summed E-state index contributed by atoms with van der Waals surface area (Å²) in [7, 11) is 1.46. The number of rotatable bonds is 6. The first-order valence-corrected chi connectivity index (χ1v) is 8.44. The number of aliphatic hydroxyl groups is 1. The van der Waals surface area contributed by atoms with E-state index in [1.165, 1.54) is 13.2 Å². The van der Waals surface area contributed by atoms with Gasteiger partial charge in [-0.2, -0.15) is 13.2 Å². The van der Waals surface area contributed by atoms with Crippen molar-refractivity contribution < 1.29 is 32.6 Å². The molecular weight excluding hydrogens is 415 g/mol. The molecule has 0 saturated heterocycles. The molecule has 1 unspecified atom stereocenters. The number of hydrogen-bond donors (Lipinski definition) is 4. The predicted molar refractivity (Wildman–Crippen MR) is 101 cm³/mol. The lowest BCUT2D eigenvalue weighted by molar-refractivity contribution is -0.242. The standard InChI is InChI=1S/C18H17ClF3N3O4/c1-17(28,18(20,21)22)16(27)23-12-8-7-10(9-11(12)19)15(26)25-24-13-5-3-4-6-14(13)29-2/h3-9,24,28H,1-2H3,(H,23,27)(H,25,26). The van der Waals surface area contributed by atoms with Crippen LogP contribution in [0.1, 0.15) is 17.3 Å². The molecule has 29 heavy (non-hydrogen) atoms. The molecule has 0 saturated carbocycles. The number of ether oxygens (including phenoxy) is 1. The summed E-state index contributed by atoms with van der Waals surface area (Å²) in [6, 6.07) is 10.3. The molecule has 2 aromatic rings. The predicted octanol–water partition coefficient (Wildman–Crippen LogP) is 3.36. The summed E-state index contributed by atoms with van der Waals surface area (Å²) >= 11 is 5.95. The lowest BCUT2D eigenvalue weighted by Crippen LogP contribution is -2.52. The van der Waals surface area contributed by atoms with Crippen LogP contribution in [-0.4, -0.2) is 35.8 Å². The summed E-state index contributed by atoms with van der Waals surface area (Å²) < 4.78 is 43.3. The Balaban J connectivity index is 2.09. The van der Waals surface area contributed by atoms with Gasteiger partial charge in [0.15, 0.2) is 0 Å². The van der Waals surface area contributed by atoms with Crippen LogP contribution >= 0.6 is 11.6 Å². The van der Waals surface area contributed by atoms with Crippen molar-refractivity contribution >= 4 is 34.8 Å². The third-order valence-corrected chi connectivity index (χ3v) is 4.20. The molecule has 4 N–H and O–H groups in total. The highest BCUT2D eigenvalue weighted by Gasteiger charge is 2.55. The molecule has 0 radical (unpaired) electrons. The average Bonchev–Trinajstić information content (AvgIpc) is 2.66. The van der Waals surface area contributed by atoms with E-state index in [0.29, 0.717) is 18.4 Å². The topological polar surface area (TPSA) is 99.7 Å². The fourth-order valence-electron chi connectivity index (χ4n) is 2.07. The zero-order chi connectivity index (χ0) is 21.8. The van der Waals surface area contributed by atoms with Gasteiger partial charge in [0.05, 0.1) is 23.5 Å². The van der Waals surface area contributed by atoms with Crippen LogP contribution in [0.15, 0.2) is 42.5 Å². The molecule has 0 heterocycles. The quantitative estimate of drug-likeness (QED) is 0.526. The Kier molecular flexibility index (Phi) is 6.60. The van der Waals surface area contributed by atoms with Crippen LogP contribution in [0, 0.1) is 0 Å². The van der Waals surface area contributed by atoms with Crippen molar-refractivity contribution in [1.82, 2.24) is 5.43 Å². The maximum absolute atomic E-state index is 12.7. The van der Waals surface area contributed by atoms with E-state index < -0.39 is 23.6 Å². The molecule has 0 bridgehead atoms. The molecular formula is C18H17ClF3N3O4. The molecule has 7 nitrogen and oxygen atoms in total. The molecule has 0 fully saturated rings. The van der Waals surface area contributed by atoms with Crippen molar-refractivity contribution in [3.8, 4) is 5.75 Å². The molecule has 0 spiro atoms. The van der Waals surface area contributed by atoms with Gasteiger partial charge in [-0.1, -0.05) is 23.7 Å². The van der Waals surface area contributed by atoms with Crippen molar-refractivity contribution in [3.05, 3.63) is 53.1 Å². The Morgan fingerprint density at radius 3 is 2.34 bits per heavy atom. The third kappa shape index (κ3) is 5.09. The number of hydrogen-bond acceptors (Lipinski definition) is 5. The molecule has 0 aromatic heterocycles. The minimum Gasteiger partial charge on any atom is -0.495 e. The number of carbonyl (C=O) groups is 2. The first kappa shape index (κ1) is 22.3. The lowest BCUT2D eigenvalue weighted by Gasteiger charge is -2.25. The van der Waals surface area contributed by atoms with Crippen LogP contribution in [0.3, 0.4) is 0 Å². The van der Waals surface area contributed by atoms with Gasteiger partial charge in [0.25, 0.3) is 11.8 Å². The molecule has 0 aliphatic rings. The number of halogens is 4. The molecule has 2 amide bonds. The maximum Gasteiger partial charge on any atom is 0.426 e. The number of hydrazine groups is 1. The minimum absolute atomic E-state index is 0.0676. The Bertz CT molecular complexity index is 919. The first-order chi connectivity index (χ1) is 13.5. The van der Waals surface area contributed by atoms with Crippen molar-refractivity contribution in [1.29, 1.82) is 0 Å². The van der Waals surface area contributed by atoms with Crippen LogP contribution in [-0.2, 0) is 4.79 Å². The summed E-state index contributed by atoms with van der Waals surface area (Å²) in [6.45, 7) is 0.321. The molecule has 0 aliphatic carbocycles. The van der Waals surface area contributed by atoms with E-state index in [-0.39, 0.29) is 16.3 Å². The number of benzene rings is 2. The summed E-state index contributed by atoms with van der Waals surface area (Å²) in [5.41, 5.74) is 1.84. The van der Waals surface area contributed by atoms with Gasteiger partial charge < -0.3 is 15.2 Å². The molecule has 2 rings (SSSR count). The highest BCUT2D eigenvalue weighted by atomic mass is 35.5. The van der Waals surface area contributed by atoms with E-state index in [2.05, 4.69) is 10.9 Å². The molecule has 156 valence electrons. The number of nitrogens with one attached hydrogen (secondary N) is 3. The highest BCUT2D eigenvalue weighted by Crippen LogP contribution is 2.32. The molecule has 0 aliphatic heterocycles. The Morgan fingerprint density at radius 1 is 1.10 bits per heavy atom. The second-order valence-electron chi connectivity index (χ2n) is 6.00. The Labute approximate surface area is 168 Å². The number of carbonyl (C=O) groups excluding carboxylic acids is 2. The van der Waals surface area contributed by atoms with Crippen LogP contribution in [0.4, 0.5) is 24.5 Å². The van der Waals surface area contributed by atoms with Crippen molar-refractivity contribution in [2.75, 3.05) is 17.9 Å². The van der Waals surface area contributed by atoms with E-state index >= 15 is 0 Å². The summed E-state index contributed by atoms with van der Waals surface area (Å²) in [5.74, 6) is -1.82. The average molecular weight is 432 g/mol. The molecule has 11 heteroatoms. The summed E-state index contributed by atoms with van der Waals surface area (Å²) in [4.78, 5) is 24.0. The second-order valence-corrected chi connectivity index (χ2v) is 6.41. The fourth-order valence-corrected chi connectivity index (χ4v) is 2.30. The van der Waals surface area contributed by atoms with Gasteiger partial charge in [-0.15, -0.1) is 0 Å². The number of para-hydroxylation sites is 2. The van der Waals surface area contributed by atoms with Crippen molar-refractivity contribution in [3.63, 3.8) is 0 Å². The van der Waals surface area contributed by atoms with Crippen LogP contribution in [0.25, 0.3) is 0 Å². The second kappa shape index (κ2) is 8.58. The number of alkyl halides is 3. The zero-order valence-corrected chi connectivity index (χ0v) is 16.0. The van der Waals surface area contributed by atoms with Crippen molar-refractivity contribution in [2.24, 2.45) is 0 Å². The highest BCUT2D eigenvalue weighted by molar-refractivity contribution is 6.34. The largest absolute Gasteiger partial charge is 0.495 e. The summed E-state index contributed by atoms with van der Waals surface area (Å²) in [6.07, 6.45) is -5.17. The zero-order valence-electron chi connectivity index (χ0n) is 15.2. The Hall–Kier alpha value is -2.98. The first-order valence-electron chi connectivity index (χ1n) is 8.07. The monoisotopic (exact) mass is 431 g/mol. The number of amides is 2. The lowest BCUT2D eigenvalue weighted by atomic mass is 10.1. The smallest absolute Gasteiger partial charge is 0.426 e. The van der Waals surface area contributed by atoms with Gasteiger partial charge in [-0.3, -0.25) is 20.4 Å². The van der Waals surface area contributed by atoms with Crippen LogP contribution < -0.4 is 20.9 Å². The fraction of sp³-hybridized carbons (Fsp3) is 0.222. The van der Waals surface area contributed by atoms with Crippen molar-refractivity contribution in [2.45, 2.75) is 18.7 Å². The van der Waals surface area contributed by atoms with Gasteiger partial charge in [0, 0.05) is 5.56 Å². The van der Waals surface area contributed by atoms with Crippen LogP contribution in [0.5, 0.6) is 5.75 Å². The minimum atomic E-state index is -5.17. The van der Waals surface area contributed by atoms with E-state index in [9.17, 15) is 27.9 Å². The Morgan fingerprint density at radius 2 is 1.76 bits per heavy atom. The van der Waals surface area contributed by atoms with E-state index in [1.807, 2.05) is 5.32 Å². The normalized spacial score (nSPS) is 13.2. The van der Waals surface area contributed by atoms with E-state index in [1.54, 1.807) is 24.3 Å². The van der Waals surface area contributed by atoms with Gasteiger partial charge in [-0.05, 0) is 37.3 Å². The van der Waals surface area contributed by atoms with Gasteiger partial charge in [0.1, 0.15) is 5.75 Å². The third-order valence-electron chi connectivity index (χ3n) is 3.89. The van der Waals surface area contributed by atoms with Gasteiger partial charge in [-0.25, -0.2) is 0 Å². The maximum atomic E-state index is 12.7. The number of methoxy groups -OCH3 is 1. The van der Waals surface area contributed by atoms with E-state index in [4.69, 9.17) is 16.3 Å². The number of anilines is 2. The van der Waals surface area contributed by atoms with Gasteiger partial charge >= 0.3 is 6.18 Å². The van der Waals surface area contributed by atoms with Crippen LogP contribution in [0.2, 0.25) is 5.02 Å².